The lowest BCUT2D eigenvalue weighted by atomic mass is 10.3. The zero-order chi connectivity index (χ0) is 15.1. The standard InChI is InChI=1S/C13H13BrN4O3/c1-20-10-4-2-3-5-11(10)21-8-17-13(19)18-12-15-6-9(14)7-16-12/h2-7H,8H2,1H3,(H2,15,16,17,18,19). The molecule has 0 fully saturated rings. The van der Waals surface area contributed by atoms with Crippen LogP contribution >= 0.6 is 15.9 Å². The van der Waals surface area contributed by atoms with Crippen molar-refractivity contribution in [1.29, 1.82) is 0 Å². The molecule has 21 heavy (non-hydrogen) atoms. The van der Waals surface area contributed by atoms with Crippen LogP contribution in [0.3, 0.4) is 0 Å². The van der Waals surface area contributed by atoms with Crippen LogP contribution in [-0.2, 0) is 0 Å². The highest BCUT2D eigenvalue weighted by atomic mass is 79.9. The summed E-state index contributed by atoms with van der Waals surface area (Å²) in [6.45, 7) is -0.0112. The number of carbonyl (C=O) groups excluding carboxylic acids is 1. The molecule has 2 aromatic rings. The minimum atomic E-state index is -0.466. The van der Waals surface area contributed by atoms with Crippen LogP contribution in [-0.4, -0.2) is 29.8 Å². The van der Waals surface area contributed by atoms with Crippen LogP contribution in [0.4, 0.5) is 10.7 Å². The normalized spacial score (nSPS) is 9.81. The minimum Gasteiger partial charge on any atom is -0.493 e. The summed E-state index contributed by atoms with van der Waals surface area (Å²) in [7, 11) is 1.55. The molecule has 8 heteroatoms. The summed E-state index contributed by atoms with van der Waals surface area (Å²) in [6.07, 6.45) is 3.07. The molecule has 1 aromatic carbocycles. The van der Waals surface area contributed by atoms with Gasteiger partial charge in [-0.3, -0.25) is 5.32 Å². The molecule has 0 unspecified atom stereocenters. The fourth-order valence-corrected chi connectivity index (χ4v) is 1.64. The van der Waals surface area contributed by atoms with Crippen molar-refractivity contribution in [3.8, 4) is 11.5 Å². The molecule has 0 atom stereocenters. The van der Waals surface area contributed by atoms with E-state index >= 15 is 0 Å². The van der Waals surface area contributed by atoms with E-state index in [1.807, 2.05) is 12.1 Å². The topological polar surface area (TPSA) is 85.4 Å². The molecule has 0 bridgehead atoms. The molecule has 1 heterocycles. The summed E-state index contributed by atoms with van der Waals surface area (Å²) >= 11 is 3.21. The van der Waals surface area contributed by atoms with E-state index in [0.29, 0.717) is 11.5 Å². The second-order valence-corrected chi connectivity index (χ2v) is 4.71. The number of ether oxygens (including phenoxy) is 2. The predicted molar refractivity (Wildman–Crippen MR) is 80.4 cm³/mol. The third kappa shape index (κ3) is 4.60. The summed E-state index contributed by atoms with van der Waals surface area (Å²) in [6, 6.07) is 6.69. The Morgan fingerprint density at radius 1 is 1.24 bits per heavy atom. The van der Waals surface area contributed by atoms with Crippen LogP contribution < -0.4 is 20.1 Å². The SMILES string of the molecule is COc1ccccc1OCNC(=O)Nc1ncc(Br)cn1. The van der Waals surface area contributed by atoms with Crippen LogP contribution in [0.1, 0.15) is 0 Å². The summed E-state index contributed by atoms with van der Waals surface area (Å²) in [4.78, 5) is 19.5. The predicted octanol–water partition coefficient (Wildman–Crippen LogP) is 2.41. The maximum atomic E-state index is 11.6. The van der Waals surface area contributed by atoms with Gasteiger partial charge >= 0.3 is 6.03 Å². The van der Waals surface area contributed by atoms with Gasteiger partial charge in [0.25, 0.3) is 0 Å². The first-order valence-corrected chi connectivity index (χ1v) is 6.76. The first-order valence-electron chi connectivity index (χ1n) is 5.97. The van der Waals surface area contributed by atoms with E-state index in [1.165, 1.54) is 12.4 Å². The number of nitrogens with one attached hydrogen (secondary N) is 2. The van der Waals surface area contributed by atoms with Crippen LogP contribution in [0.2, 0.25) is 0 Å². The Morgan fingerprint density at radius 2 is 1.90 bits per heavy atom. The Balaban J connectivity index is 1.80. The third-order valence-electron chi connectivity index (χ3n) is 2.38. The number of hydrogen-bond acceptors (Lipinski definition) is 5. The number of anilines is 1. The molecule has 0 aliphatic carbocycles. The lowest BCUT2D eigenvalue weighted by Gasteiger charge is -2.11. The number of rotatable bonds is 5. The Labute approximate surface area is 129 Å². The van der Waals surface area contributed by atoms with E-state index < -0.39 is 6.03 Å². The molecule has 7 nitrogen and oxygen atoms in total. The first kappa shape index (κ1) is 15.0. The molecule has 0 spiro atoms. The van der Waals surface area contributed by atoms with E-state index in [9.17, 15) is 4.79 Å². The van der Waals surface area contributed by atoms with Gasteiger partial charge in [-0.1, -0.05) is 12.1 Å². The Bertz CT molecular complexity index is 607. The van der Waals surface area contributed by atoms with Crippen molar-refractivity contribution in [3.63, 3.8) is 0 Å². The van der Waals surface area contributed by atoms with Crippen LogP contribution in [0.25, 0.3) is 0 Å². The van der Waals surface area contributed by atoms with Crippen molar-refractivity contribution in [2.45, 2.75) is 0 Å². The number of carbonyl (C=O) groups is 1. The Morgan fingerprint density at radius 3 is 2.57 bits per heavy atom. The van der Waals surface area contributed by atoms with Gasteiger partial charge < -0.3 is 14.8 Å². The second-order valence-electron chi connectivity index (χ2n) is 3.80. The molecule has 0 aliphatic heterocycles. The Hall–Kier alpha value is -2.35. The van der Waals surface area contributed by atoms with Gasteiger partial charge in [0, 0.05) is 12.4 Å². The number of amides is 2. The van der Waals surface area contributed by atoms with Crippen LogP contribution in [0.15, 0.2) is 41.1 Å². The van der Waals surface area contributed by atoms with E-state index in [2.05, 4.69) is 36.5 Å². The van der Waals surface area contributed by atoms with Gasteiger partial charge in [-0.15, -0.1) is 0 Å². The van der Waals surface area contributed by atoms with Crippen molar-refractivity contribution >= 4 is 27.9 Å². The smallest absolute Gasteiger partial charge is 0.324 e. The fraction of sp³-hybridized carbons (Fsp3) is 0.154. The molecule has 2 N–H and O–H groups in total. The monoisotopic (exact) mass is 352 g/mol. The quantitative estimate of drug-likeness (QED) is 0.807. The van der Waals surface area contributed by atoms with Gasteiger partial charge in [-0.05, 0) is 28.1 Å². The highest BCUT2D eigenvalue weighted by Crippen LogP contribution is 2.25. The fourth-order valence-electron chi connectivity index (χ4n) is 1.44. The molecule has 0 radical (unpaired) electrons. The van der Waals surface area contributed by atoms with Crippen molar-refractivity contribution in [1.82, 2.24) is 15.3 Å². The molecular weight excluding hydrogens is 340 g/mol. The Kier molecular flexibility index (Phi) is 5.33. The molecule has 110 valence electrons. The summed E-state index contributed by atoms with van der Waals surface area (Å²) in [5.41, 5.74) is 0. The van der Waals surface area contributed by atoms with Gasteiger partial charge in [-0.25, -0.2) is 14.8 Å². The maximum Gasteiger partial charge on any atom is 0.324 e. The van der Waals surface area contributed by atoms with Crippen molar-refractivity contribution in [2.24, 2.45) is 0 Å². The number of methoxy groups -OCH3 is 1. The zero-order valence-electron chi connectivity index (χ0n) is 11.2. The highest BCUT2D eigenvalue weighted by molar-refractivity contribution is 9.10. The first-order chi connectivity index (χ1) is 10.2. The van der Waals surface area contributed by atoms with Gasteiger partial charge in [0.05, 0.1) is 11.6 Å². The molecule has 2 amide bonds. The lowest BCUT2D eigenvalue weighted by molar-refractivity contribution is 0.231. The van der Waals surface area contributed by atoms with Gasteiger partial charge in [0.15, 0.2) is 18.2 Å². The van der Waals surface area contributed by atoms with Crippen LogP contribution in [0.5, 0.6) is 11.5 Å². The molecule has 0 aliphatic rings. The van der Waals surface area contributed by atoms with Crippen molar-refractivity contribution < 1.29 is 14.3 Å². The number of urea groups is 1. The largest absolute Gasteiger partial charge is 0.493 e. The van der Waals surface area contributed by atoms with Crippen LogP contribution in [0, 0.1) is 0 Å². The number of nitrogens with zero attached hydrogens (tertiary/aromatic N) is 2. The zero-order valence-corrected chi connectivity index (χ0v) is 12.8. The van der Waals surface area contributed by atoms with Crippen molar-refractivity contribution in [3.05, 3.63) is 41.1 Å². The summed E-state index contributed by atoms with van der Waals surface area (Å²) in [5.74, 6) is 1.34. The number of aromatic nitrogens is 2. The third-order valence-corrected chi connectivity index (χ3v) is 2.78. The molecule has 1 aromatic heterocycles. The van der Waals surface area contributed by atoms with E-state index in [0.717, 1.165) is 4.47 Å². The number of halogens is 1. The average Bonchev–Trinajstić information content (AvgIpc) is 2.50. The second kappa shape index (κ2) is 7.44. The average molecular weight is 353 g/mol. The number of hydrogen-bond donors (Lipinski definition) is 2. The number of para-hydroxylation sites is 2. The van der Waals surface area contributed by atoms with E-state index in [1.54, 1.807) is 19.2 Å². The molecular formula is C13H13BrN4O3. The van der Waals surface area contributed by atoms with E-state index in [-0.39, 0.29) is 12.7 Å². The van der Waals surface area contributed by atoms with Gasteiger partial charge in [-0.2, -0.15) is 0 Å². The molecule has 2 rings (SSSR count). The lowest BCUT2D eigenvalue weighted by Crippen LogP contribution is -2.32. The highest BCUT2D eigenvalue weighted by Gasteiger charge is 2.05. The molecule has 0 saturated heterocycles. The van der Waals surface area contributed by atoms with E-state index in [4.69, 9.17) is 9.47 Å². The number of benzene rings is 1. The van der Waals surface area contributed by atoms with Crippen molar-refractivity contribution in [2.75, 3.05) is 19.2 Å². The van der Waals surface area contributed by atoms with Gasteiger partial charge in [0.2, 0.25) is 5.95 Å². The van der Waals surface area contributed by atoms with Gasteiger partial charge in [0.1, 0.15) is 0 Å². The maximum absolute atomic E-state index is 11.6. The minimum absolute atomic E-state index is 0.0112. The summed E-state index contributed by atoms with van der Waals surface area (Å²) < 4.78 is 11.3. The summed E-state index contributed by atoms with van der Waals surface area (Å²) in [5, 5.41) is 5.01. The molecule has 0 saturated carbocycles.